The topological polar surface area (TPSA) is 46.4 Å². The summed E-state index contributed by atoms with van der Waals surface area (Å²) in [6.45, 7) is 0. The van der Waals surface area contributed by atoms with Gasteiger partial charge in [0.15, 0.2) is 0 Å². The van der Waals surface area contributed by atoms with E-state index in [9.17, 15) is 4.79 Å². The molecule has 0 saturated carbocycles. The number of benzene rings is 1. The highest BCUT2D eigenvalue weighted by Crippen LogP contribution is 2.11. The molecule has 0 bridgehead atoms. The molecule has 4 nitrogen and oxygen atoms in total. The minimum atomic E-state index is -0.160. The Bertz CT molecular complexity index is 688. The Morgan fingerprint density at radius 1 is 1.06 bits per heavy atom. The van der Waals surface area contributed by atoms with Gasteiger partial charge in [0, 0.05) is 11.8 Å². The number of anilines is 1. The van der Waals surface area contributed by atoms with Crippen LogP contribution in [0.3, 0.4) is 0 Å². The van der Waals surface area contributed by atoms with Crippen LogP contribution < -0.4 is 5.32 Å². The zero-order chi connectivity index (χ0) is 12.4. The van der Waals surface area contributed by atoms with E-state index in [4.69, 9.17) is 0 Å². The number of nitrogens with one attached hydrogen (secondary N) is 1. The Kier molecular flexibility index (Phi) is 2.53. The predicted octanol–water partition coefficient (Wildman–Crippen LogP) is 2.59. The number of imidazole rings is 1. The molecular weight excluding hydrogens is 226 g/mol. The normalized spacial score (nSPS) is 10.4. The maximum Gasteiger partial charge on any atom is 0.257 e. The molecule has 1 amide bonds. The minimum absolute atomic E-state index is 0.160. The summed E-state index contributed by atoms with van der Waals surface area (Å²) in [4.78, 5) is 16.2. The van der Waals surface area contributed by atoms with E-state index in [1.165, 1.54) is 0 Å². The second-order valence-electron chi connectivity index (χ2n) is 3.90. The van der Waals surface area contributed by atoms with Crippen LogP contribution in [0.1, 0.15) is 10.4 Å². The van der Waals surface area contributed by atoms with Gasteiger partial charge in [-0.2, -0.15) is 0 Å². The molecule has 0 saturated heterocycles. The first kappa shape index (κ1) is 10.5. The zero-order valence-corrected chi connectivity index (χ0v) is 9.58. The number of pyridine rings is 1. The van der Waals surface area contributed by atoms with Crippen molar-refractivity contribution in [2.75, 3.05) is 5.32 Å². The molecule has 88 valence electrons. The van der Waals surface area contributed by atoms with E-state index in [2.05, 4.69) is 10.3 Å². The average Bonchev–Trinajstić information content (AvgIpc) is 2.83. The van der Waals surface area contributed by atoms with Gasteiger partial charge in [-0.1, -0.05) is 24.3 Å². The zero-order valence-electron chi connectivity index (χ0n) is 9.58. The summed E-state index contributed by atoms with van der Waals surface area (Å²) in [5.41, 5.74) is 1.56. The SMILES string of the molecule is O=C(Nc1ncc2ccccn12)c1ccccc1. The number of rotatable bonds is 2. The maximum atomic E-state index is 12.0. The Morgan fingerprint density at radius 2 is 1.83 bits per heavy atom. The first-order valence-electron chi connectivity index (χ1n) is 5.63. The Labute approximate surface area is 104 Å². The smallest absolute Gasteiger partial charge is 0.257 e. The van der Waals surface area contributed by atoms with Crippen LogP contribution in [0.2, 0.25) is 0 Å². The third-order valence-electron chi connectivity index (χ3n) is 2.70. The minimum Gasteiger partial charge on any atom is -0.292 e. The van der Waals surface area contributed by atoms with Gasteiger partial charge in [0.2, 0.25) is 5.95 Å². The molecule has 0 spiro atoms. The number of nitrogens with zero attached hydrogens (tertiary/aromatic N) is 2. The van der Waals surface area contributed by atoms with Crippen LogP contribution in [-0.4, -0.2) is 15.3 Å². The first-order chi connectivity index (χ1) is 8.84. The fourth-order valence-corrected chi connectivity index (χ4v) is 1.80. The summed E-state index contributed by atoms with van der Waals surface area (Å²) in [5, 5.41) is 2.79. The van der Waals surface area contributed by atoms with Crippen LogP contribution in [0.5, 0.6) is 0 Å². The average molecular weight is 237 g/mol. The lowest BCUT2D eigenvalue weighted by molar-refractivity contribution is 0.102. The summed E-state index contributed by atoms with van der Waals surface area (Å²) in [6.07, 6.45) is 3.59. The number of amides is 1. The first-order valence-corrected chi connectivity index (χ1v) is 5.63. The van der Waals surface area contributed by atoms with Crippen molar-refractivity contribution in [1.29, 1.82) is 0 Å². The van der Waals surface area contributed by atoms with E-state index in [0.717, 1.165) is 5.52 Å². The summed E-state index contributed by atoms with van der Waals surface area (Å²) in [6, 6.07) is 14.8. The van der Waals surface area contributed by atoms with Crippen molar-refractivity contribution in [2.24, 2.45) is 0 Å². The van der Waals surface area contributed by atoms with Gasteiger partial charge in [0.25, 0.3) is 5.91 Å². The van der Waals surface area contributed by atoms with Crippen molar-refractivity contribution < 1.29 is 4.79 Å². The molecule has 1 N–H and O–H groups in total. The third kappa shape index (κ3) is 1.84. The van der Waals surface area contributed by atoms with E-state index in [0.29, 0.717) is 11.5 Å². The Hall–Kier alpha value is -2.62. The standard InChI is InChI=1S/C14H11N3O/c18-13(11-6-2-1-3-7-11)16-14-15-10-12-8-4-5-9-17(12)14/h1-10H,(H,15,16,18). The van der Waals surface area contributed by atoms with Crippen molar-refractivity contribution in [3.05, 3.63) is 66.5 Å². The summed E-state index contributed by atoms with van der Waals surface area (Å²) < 4.78 is 1.83. The number of fused-ring (bicyclic) bond motifs is 1. The number of carbonyl (C=O) groups is 1. The highest BCUT2D eigenvalue weighted by Gasteiger charge is 2.08. The van der Waals surface area contributed by atoms with E-state index in [1.54, 1.807) is 18.3 Å². The number of carbonyl (C=O) groups excluding carboxylic acids is 1. The molecule has 0 atom stereocenters. The maximum absolute atomic E-state index is 12.0. The third-order valence-corrected chi connectivity index (χ3v) is 2.70. The van der Waals surface area contributed by atoms with E-state index in [-0.39, 0.29) is 5.91 Å². The van der Waals surface area contributed by atoms with Crippen LogP contribution in [-0.2, 0) is 0 Å². The molecule has 0 radical (unpaired) electrons. The summed E-state index contributed by atoms with van der Waals surface area (Å²) in [5.74, 6) is 0.367. The number of aromatic nitrogens is 2. The number of hydrogen-bond acceptors (Lipinski definition) is 2. The van der Waals surface area contributed by atoms with Gasteiger partial charge in [-0.15, -0.1) is 0 Å². The predicted molar refractivity (Wildman–Crippen MR) is 69.6 cm³/mol. The Balaban J connectivity index is 1.91. The largest absolute Gasteiger partial charge is 0.292 e. The molecule has 0 unspecified atom stereocenters. The lowest BCUT2D eigenvalue weighted by atomic mass is 10.2. The van der Waals surface area contributed by atoms with Gasteiger partial charge in [-0.25, -0.2) is 4.98 Å². The van der Waals surface area contributed by atoms with Crippen molar-refractivity contribution in [2.45, 2.75) is 0 Å². The fourth-order valence-electron chi connectivity index (χ4n) is 1.80. The highest BCUT2D eigenvalue weighted by molar-refractivity contribution is 6.03. The van der Waals surface area contributed by atoms with Crippen LogP contribution in [0, 0.1) is 0 Å². The second-order valence-corrected chi connectivity index (χ2v) is 3.90. The van der Waals surface area contributed by atoms with Crippen LogP contribution in [0.15, 0.2) is 60.9 Å². The van der Waals surface area contributed by atoms with Crippen molar-refractivity contribution >= 4 is 17.4 Å². The highest BCUT2D eigenvalue weighted by atomic mass is 16.1. The second kappa shape index (κ2) is 4.33. The lowest BCUT2D eigenvalue weighted by Crippen LogP contribution is -2.13. The van der Waals surface area contributed by atoms with E-state index >= 15 is 0 Å². The summed E-state index contributed by atoms with van der Waals surface area (Å²) in [7, 11) is 0. The van der Waals surface area contributed by atoms with Crippen molar-refractivity contribution in [1.82, 2.24) is 9.38 Å². The Morgan fingerprint density at radius 3 is 2.67 bits per heavy atom. The van der Waals surface area contributed by atoms with E-state index < -0.39 is 0 Å². The molecule has 0 aliphatic rings. The monoisotopic (exact) mass is 237 g/mol. The lowest BCUT2D eigenvalue weighted by Gasteiger charge is -2.03. The van der Waals surface area contributed by atoms with E-state index in [1.807, 2.05) is 47.0 Å². The van der Waals surface area contributed by atoms with Crippen LogP contribution in [0.25, 0.3) is 5.52 Å². The van der Waals surface area contributed by atoms with Crippen molar-refractivity contribution in [3.63, 3.8) is 0 Å². The quantitative estimate of drug-likeness (QED) is 0.744. The van der Waals surface area contributed by atoms with Gasteiger partial charge in [-0.3, -0.25) is 14.5 Å². The van der Waals surface area contributed by atoms with Crippen molar-refractivity contribution in [3.8, 4) is 0 Å². The van der Waals surface area contributed by atoms with Gasteiger partial charge in [0.1, 0.15) is 0 Å². The van der Waals surface area contributed by atoms with Crippen LogP contribution in [0.4, 0.5) is 5.95 Å². The summed E-state index contributed by atoms with van der Waals surface area (Å²) >= 11 is 0. The molecule has 1 aromatic carbocycles. The van der Waals surface area contributed by atoms with Gasteiger partial charge < -0.3 is 0 Å². The molecule has 4 heteroatoms. The fraction of sp³-hybridized carbons (Fsp3) is 0. The molecule has 2 aromatic heterocycles. The van der Waals surface area contributed by atoms with Gasteiger partial charge >= 0.3 is 0 Å². The molecule has 0 fully saturated rings. The molecule has 0 aliphatic heterocycles. The molecule has 3 aromatic rings. The van der Waals surface area contributed by atoms with Crippen LogP contribution >= 0.6 is 0 Å². The molecule has 2 heterocycles. The molecule has 0 aliphatic carbocycles. The molecule has 3 rings (SSSR count). The van der Waals surface area contributed by atoms with Gasteiger partial charge in [-0.05, 0) is 24.3 Å². The molecular formula is C14H11N3O. The number of hydrogen-bond donors (Lipinski definition) is 1. The van der Waals surface area contributed by atoms with Gasteiger partial charge in [0.05, 0.1) is 11.7 Å². The molecule has 18 heavy (non-hydrogen) atoms.